The molecule has 0 spiro atoms. The number of fused-ring (bicyclic) bond motifs is 3. The van der Waals surface area contributed by atoms with Crippen LogP contribution in [-0.2, 0) is 12.8 Å². The van der Waals surface area contributed by atoms with Gasteiger partial charge in [0.1, 0.15) is 22.7 Å². The van der Waals surface area contributed by atoms with Crippen LogP contribution in [0.1, 0.15) is 23.3 Å². The summed E-state index contributed by atoms with van der Waals surface area (Å²) >= 11 is 1.74. The maximum atomic E-state index is 12.3. The Hall–Kier alpha value is -3.65. The zero-order valence-electron chi connectivity index (χ0n) is 17.6. The molecule has 2 amide bonds. The minimum Gasteiger partial charge on any atom is -0.497 e. The Bertz CT molecular complexity index is 1270. The predicted octanol–water partition coefficient (Wildman–Crippen LogP) is 6.02. The first-order valence-electron chi connectivity index (χ1n) is 10.4. The van der Waals surface area contributed by atoms with Crippen molar-refractivity contribution in [2.45, 2.75) is 25.7 Å². The van der Waals surface area contributed by atoms with E-state index in [9.17, 15) is 4.79 Å². The van der Waals surface area contributed by atoms with E-state index in [4.69, 9.17) is 9.47 Å². The summed E-state index contributed by atoms with van der Waals surface area (Å²) in [7, 11) is 1.59. The lowest BCUT2D eigenvalue weighted by Crippen LogP contribution is -2.19. The number of nitrogens with zero attached hydrogens (tertiary/aromatic N) is 2. The van der Waals surface area contributed by atoms with Gasteiger partial charge < -0.3 is 20.1 Å². The molecule has 8 heteroatoms. The van der Waals surface area contributed by atoms with Crippen molar-refractivity contribution >= 4 is 39.0 Å². The van der Waals surface area contributed by atoms with Crippen molar-refractivity contribution in [3.05, 3.63) is 65.3 Å². The van der Waals surface area contributed by atoms with E-state index >= 15 is 0 Å². The van der Waals surface area contributed by atoms with E-state index in [1.165, 1.54) is 23.3 Å². The van der Waals surface area contributed by atoms with Gasteiger partial charge >= 0.3 is 6.03 Å². The van der Waals surface area contributed by atoms with Crippen LogP contribution in [0.4, 0.5) is 16.2 Å². The van der Waals surface area contributed by atoms with Crippen LogP contribution < -0.4 is 20.1 Å². The van der Waals surface area contributed by atoms with Crippen LogP contribution in [0.3, 0.4) is 0 Å². The summed E-state index contributed by atoms with van der Waals surface area (Å²) < 4.78 is 11.3. The quantitative estimate of drug-likeness (QED) is 0.392. The average molecular weight is 447 g/mol. The fourth-order valence-corrected chi connectivity index (χ4v) is 5.07. The molecule has 162 valence electrons. The third-order valence-corrected chi connectivity index (χ3v) is 6.57. The number of urea groups is 1. The highest BCUT2D eigenvalue weighted by atomic mass is 32.1. The van der Waals surface area contributed by atoms with Crippen molar-refractivity contribution in [1.82, 2.24) is 9.97 Å². The number of methoxy groups -OCH3 is 1. The zero-order valence-corrected chi connectivity index (χ0v) is 18.4. The second kappa shape index (κ2) is 8.84. The SMILES string of the molecule is COc1cccc(NC(=O)Nc2ccc(Oc3ncnc4sc5c(c34)CCCC5)cc2)c1. The largest absolute Gasteiger partial charge is 0.497 e. The Balaban J connectivity index is 1.28. The fraction of sp³-hybridized carbons (Fsp3) is 0.208. The number of benzene rings is 2. The Morgan fingerprint density at radius 3 is 2.62 bits per heavy atom. The van der Waals surface area contributed by atoms with Crippen molar-refractivity contribution in [2.75, 3.05) is 17.7 Å². The van der Waals surface area contributed by atoms with E-state index < -0.39 is 0 Å². The molecule has 2 N–H and O–H groups in total. The van der Waals surface area contributed by atoms with E-state index in [0.29, 0.717) is 28.8 Å². The number of aryl methyl sites for hydroxylation is 2. The molecule has 2 heterocycles. The molecule has 5 rings (SSSR count). The molecule has 7 nitrogen and oxygen atoms in total. The normalized spacial score (nSPS) is 12.8. The van der Waals surface area contributed by atoms with Gasteiger partial charge in [-0.2, -0.15) is 0 Å². The summed E-state index contributed by atoms with van der Waals surface area (Å²) in [6.07, 6.45) is 6.12. The smallest absolute Gasteiger partial charge is 0.323 e. The molecule has 2 aromatic carbocycles. The van der Waals surface area contributed by atoms with E-state index in [2.05, 4.69) is 20.6 Å². The topological polar surface area (TPSA) is 85.4 Å². The molecule has 4 aromatic rings. The molecule has 0 saturated heterocycles. The number of hydrogen-bond donors (Lipinski definition) is 2. The number of ether oxygens (including phenoxy) is 2. The molecule has 0 bridgehead atoms. The highest BCUT2D eigenvalue weighted by Gasteiger charge is 2.20. The molecule has 0 saturated carbocycles. The summed E-state index contributed by atoms with van der Waals surface area (Å²) in [6.45, 7) is 0. The molecule has 2 aromatic heterocycles. The number of aromatic nitrogens is 2. The maximum Gasteiger partial charge on any atom is 0.323 e. The van der Waals surface area contributed by atoms with Gasteiger partial charge in [-0.1, -0.05) is 6.07 Å². The minimum atomic E-state index is -0.339. The zero-order chi connectivity index (χ0) is 21.9. The number of nitrogens with one attached hydrogen (secondary N) is 2. The molecule has 0 radical (unpaired) electrons. The highest BCUT2D eigenvalue weighted by molar-refractivity contribution is 7.18. The summed E-state index contributed by atoms with van der Waals surface area (Å²) in [5.41, 5.74) is 2.63. The molecule has 1 aliphatic rings. The number of carbonyl (C=O) groups is 1. The van der Waals surface area contributed by atoms with Gasteiger partial charge in [-0.25, -0.2) is 14.8 Å². The number of carbonyl (C=O) groups excluding carboxylic acids is 1. The number of rotatable bonds is 5. The number of thiophene rings is 1. The molecular weight excluding hydrogens is 424 g/mol. The lowest BCUT2D eigenvalue weighted by atomic mass is 9.97. The Morgan fingerprint density at radius 2 is 1.78 bits per heavy atom. The lowest BCUT2D eigenvalue weighted by molar-refractivity contribution is 0.262. The minimum absolute atomic E-state index is 0.339. The summed E-state index contributed by atoms with van der Waals surface area (Å²) in [5.74, 6) is 1.92. The van der Waals surface area contributed by atoms with Crippen molar-refractivity contribution in [3.63, 3.8) is 0 Å². The van der Waals surface area contributed by atoms with Gasteiger partial charge in [-0.15, -0.1) is 11.3 Å². The number of amides is 2. The van der Waals surface area contributed by atoms with Crippen molar-refractivity contribution in [1.29, 1.82) is 0 Å². The highest BCUT2D eigenvalue weighted by Crippen LogP contribution is 2.40. The number of anilines is 2. The molecule has 0 fully saturated rings. The summed E-state index contributed by atoms with van der Waals surface area (Å²) in [5, 5.41) is 6.64. The van der Waals surface area contributed by atoms with E-state index in [0.717, 1.165) is 23.1 Å². The van der Waals surface area contributed by atoms with Crippen molar-refractivity contribution in [3.8, 4) is 17.4 Å². The first-order chi connectivity index (χ1) is 15.7. The Kier molecular flexibility index (Phi) is 5.60. The molecule has 0 atom stereocenters. The van der Waals surface area contributed by atoms with Gasteiger partial charge in [0, 0.05) is 22.3 Å². The van der Waals surface area contributed by atoms with Gasteiger partial charge in [0.2, 0.25) is 5.88 Å². The molecule has 0 aliphatic heterocycles. The van der Waals surface area contributed by atoms with E-state index in [1.807, 2.05) is 24.3 Å². The average Bonchev–Trinajstić information content (AvgIpc) is 3.20. The fourth-order valence-electron chi connectivity index (χ4n) is 3.85. The number of hydrogen-bond acceptors (Lipinski definition) is 6. The maximum absolute atomic E-state index is 12.3. The molecule has 1 aliphatic carbocycles. The Labute approximate surface area is 189 Å². The third-order valence-electron chi connectivity index (χ3n) is 5.37. The van der Waals surface area contributed by atoms with E-state index in [1.54, 1.807) is 49.0 Å². The van der Waals surface area contributed by atoms with Gasteiger partial charge in [-0.3, -0.25) is 0 Å². The van der Waals surface area contributed by atoms with Gasteiger partial charge in [0.05, 0.1) is 12.5 Å². The molecule has 0 unspecified atom stereocenters. The Morgan fingerprint density at radius 1 is 0.969 bits per heavy atom. The summed E-state index contributed by atoms with van der Waals surface area (Å²) in [4.78, 5) is 23.5. The van der Waals surface area contributed by atoms with Crippen LogP contribution in [0.15, 0.2) is 54.9 Å². The molecular formula is C24H22N4O3S. The monoisotopic (exact) mass is 446 g/mol. The lowest BCUT2D eigenvalue weighted by Gasteiger charge is -2.12. The second-order valence-corrected chi connectivity index (χ2v) is 8.59. The predicted molar refractivity (Wildman–Crippen MR) is 126 cm³/mol. The second-order valence-electron chi connectivity index (χ2n) is 7.51. The van der Waals surface area contributed by atoms with Gasteiger partial charge in [0.25, 0.3) is 0 Å². The third kappa shape index (κ3) is 4.22. The van der Waals surface area contributed by atoms with Crippen LogP contribution in [0, 0.1) is 0 Å². The standard InChI is InChI=1S/C24H22N4O3S/c1-30-18-6-4-5-16(13-18)28-24(29)27-15-9-11-17(12-10-15)31-22-21-19-7-2-3-8-20(19)32-23(21)26-14-25-22/h4-6,9-14H,2-3,7-8H2,1H3,(H2,27,28,29). The first kappa shape index (κ1) is 20.3. The summed E-state index contributed by atoms with van der Waals surface area (Å²) in [6, 6.07) is 14.1. The van der Waals surface area contributed by atoms with Crippen LogP contribution in [0.25, 0.3) is 10.2 Å². The van der Waals surface area contributed by atoms with E-state index in [-0.39, 0.29) is 6.03 Å². The van der Waals surface area contributed by atoms with Crippen molar-refractivity contribution in [2.24, 2.45) is 0 Å². The first-order valence-corrected chi connectivity index (χ1v) is 11.3. The van der Waals surface area contributed by atoms with Gasteiger partial charge in [-0.05, 0) is 67.6 Å². The van der Waals surface area contributed by atoms with Crippen molar-refractivity contribution < 1.29 is 14.3 Å². The van der Waals surface area contributed by atoms with Crippen LogP contribution >= 0.6 is 11.3 Å². The van der Waals surface area contributed by atoms with Crippen LogP contribution in [-0.4, -0.2) is 23.1 Å². The van der Waals surface area contributed by atoms with Crippen LogP contribution in [0.2, 0.25) is 0 Å². The van der Waals surface area contributed by atoms with Gasteiger partial charge in [0.15, 0.2) is 0 Å². The van der Waals surface area contributed by atoms with Crippen LogP contribution in [0.5, 0.6) is 17.4 Å². The molecule has 32 heavy (non-hydrogen) atoms.